The molecule has 0 bridgehead atoms. The fourth-order valence-corrected chi connectivity index (χ4v) is 2.43. The lowest BCUT2D eigenvalue weighted by molar-refractivity contribution is 0.520. The summed E-state index contributed by atoms with van der Waals surface area (Å²) in [5.74, 6) is 0.754. The monoisotopic (exact) mass is 293 g/mol. The van der Waals surface area contributed by atoms with Gasteiger partial charge in [-0.1, -0.05) is 18.5 Å². The van der Waals surface area contributed by atoms with E-state index in [1.165, 1.54) is 0 Å². The molecule has 0 saturated heterocycles. The lowest BCUT2D eigenvalue weighted by Gasteiger charge is -2.20. The molecule has 2 aromatic heterocycles. The standard InChI is InChI=1S/C14H20ClN5/c1-4-7-17-13(12-6-8-16-10(3)19-12)14-11(15)9-18-20(14)5-2/h6,8-9,13,17H,4-5,7H2,1-3H3. The van der Waals surface area contributed by atoms with E-state index in [2.05, 4.69) is 34.2 Å². The summed E-state index contributed by atoms with van der Waals surface area (Å²) < 4.78 is 1.91. The average molecular weight is 294 g/mol. The molecule has 2 heterocycles. The van der Waals surface area contributed by atoms with Gasteiger partial charge in [-0.05, 0) is 32.9 Å². The Morgan fingerprint density at radius 2 is 2.20 bits per heavy atom. The Morgan fingerprint density at radius 1 is 1.40 bits per heavy atom. The normalized spacial score (nSPS) is 12.6. The van der Waals surface area contributed by atoms with Crippen LogP contribution in [0.25, 0.3) is 0 Å². The van der Waals surface area contributed by atoms with Crippen molar-refractivity contribution in [3.63, 3.8) is 0 Å². The third kappa shape index (κ3) is 3.16. The van der Waals surface area contributed by atoms with Gasteiger partial charge >= 0.3 is 0 Å². The van der Waals surface area contributed by atoms with Crippen LogP contribution in [0, 0.1) is 6.92 Å². The van der Waals surface area contributed by atoms with Crippen LogP contribution in [-0.2, 0) is 6.54 Å². The molecule has 20 heavy (non-hydrogen) atoms. The summed E-state index contributed by atoms with van der Waals surface area (Å²) in [5, 5.41) is 8.47. The van der Waals surface area contributed by atoms with Gasteiger partial charge in [-0.15, -0.1) is 0 Å². The van der Waals surface area contributed by atoms with E-state index in [-0.39, 0.29) is 6.04 Å². The average Bonchev–Trinajstić information content (AvgIpc) is 2.81. The first-order valence-electron chi connectivity index (χ1n) is 6.91. The van der Waals surface area contributed by atoms with E-state index in [0.29, 0.717) is 5.02 Å². The highest BCUT2D eigenvalue weighted by molar-refractivity contribution is 6.31. The number of rotatable bonds is 6. The molecular weight excluding hydrogens is 274 g/mol. The molecule has 1 unspecified atom stereocenters. The van der Waals surface area contributed by atoms with E-state index in [1.807, 2.05) is 17.7 Å². The smallest absolute Gasteiger partial charge is 0.125 e. The Hall–Kier alpha value is -1.46. The van der Waals surface area contributed by atoms with Crippen LogP contribution in [0.4, 0.5) is 0 Å². The number of nitrogens with zero attached hydrogens (tertiary/aromatic N) is 4. The van der Waals surface area contributed by atoms with Crippen LogP contribution in [0.1, 0.15) is 43.5 Å². The SMILES string of the molecule is CCCNC(c1ccnc(C)n1)c1c(Cl)cnn1CC. The predicted octanol–water partition coefficient (Wildman–Crippen LogP) is 2.74. The molecule has 1 N–H and O–H groups in total. The maximum atomic E-state index is 6.32. The van der Waals surface area contributed by atoms with E-state index in [1.54, 1.807) is 12.4 Å². The third-order valence-electron chi connectivity index (χ3n) is 3.10. The van der Waals surface area contributed by atoms with Crippen LogP contribution >= 0.6 is 11.6 Å². The second-order valence-corrected chi connectivity index (χ2v) is 5.02. The van der Waals surface area contributed by atoms with E-state index in [9.17, 15) is 0 Å². The lowest BCUT2D eigenvalue weighted by atomic mass is 10.1. The summed E-state index contributed by atoms with van der Waals surface area (Å²) >= 11 is 6.32. The molecular formula is C14H20ClN5. The first-order valence-corrected chi connectivity index (χ1v) is 7.29. The van der Waals surface area contributed by atoms with Gasteiger partial charge in [0.05, 0.1) is 28.6 Å². The van der Waals surface area contributed by atoms with Gasteiger partial charge in [0.15, 0.2) is 0 Å². The van der Waals surface area contributed by atoms with Crippen LogP contribution in [0.3, 0.4) is 0 Å². The third-order valence-corrected chi connectivity index (χ3v) is 3.39. The maximum absolute atomic E-state index is 6.32. The number of nitrogens with one attached hydrogen (secondary N) is 1. The molecule has 5 nitrogen and oxygen atoms in total. The fourth-order valence-electron chi connectivity index (χ4n) is 2.18. The minimum absolute atomic E-state index is 0.0633. The molecule has 0 radical (unpaired) electrons. The van der Waals surface area contributed by atoms with E-state index >= 15 is 0 Å². The first kappa shape index (κ1) is 14.9. The van der Waals surface area contributed by atoms with E-state index < -0.39 is 0 Å². The fraction of sp³-hybridized carbons (Fsp3) is 0.500. The minimum Gasteiger partial charge on any atom is -0.304 e. The first-order chi connectivity index (χ1) is 9.67. The number of aryl methyl sites for hydroxylation is 2. The topological polar surface area (TPSA) is 55.6 Å². The second-order valence-electron chi connectivity index (χ2n) is 4.61. The molecule has 0 fully saturated rings. The summed E-state index contributed by atoms with van der Waals surface area (Å²) in [6, 6.07) is 1.86. The van der Waals surface area contributed by atoms with Gasteiger partial charge in [-0.3, -0.25) is 4.68 Å². The van der Waals surface area contributed by atoms with Crippen molar-refractivity contribution in [1.29, 1.82) is 0 Å². The van der Waals surface area contributed by atoms with E-state index in [0.717, 1.165) is 36.7 Å². The molecule has 0 spiro atoms. The Labute approximate surface area is 124 Å². The quantitative estimate of drug-likeness (QED) is 0.890. The molecule has 1 atom stereocenters. The molecule has 2 aromatic rings. The van der Waals surface area contributed by atoms with Gasteiger partial charge < -0.3 is 5.32 Å². The predicted molar refractivity (Wildman–Crippen MR) is 79.8 cm³/mol. The highest BCUT2D eigenvalue weighted by Crippen LogP contribution is 2.27. The molecule has 6 heteroatoms. The number of hydrogen-bond acceptors (Lipinski definition) is 4. The lowest BCUT2D eigenvalue weighted by Crippen LogP contribution is -2.27. The zero-order valence-electron chi connectivity index (χ0n) is 12.1. The van der Waals surface area contributed by atoms with Gasteiger partial charge in [-0.25, -0.2) is 9.97 Å². The zero-order valence-corrected chi connectivity index (χ0v) is 12.9. The number of halogens is 1. The molecule has 0 aliphatic heterocycles. The Morgan fingerprint density at radius 3 is 2.85 bits per heavy atom. The summed E-state index contributed by atoms with van der Waals surface area (Å²) in [7, 11) is 0. The van der Waals surface area contributed by atoms with E-state index in [4.69, 9.17) is 11.6 Å². The summed E-state index contributed by atoms with van der Waals surface area (Å²) in [5.41, 5.74) is 1.88. The zero-order chi connectivity index (χ0) is 14.5. The largest absolute Gasteiger partial charge is 0.304 e. The molecule has 0 aliphatic carbocycles. The van der Waals surface area contributed by atoms with Gasteiger partial charge in [0, 0.05) is 12.7 Å². The van der Waals surface area contributed by atoms with Crippen LogP contribution in [0.15, 0.2) is 18.5 Å². The molecule has 0 amide bonds. The summed E-state index contributed by atoms with van der Waals surface area (Å²) in [4.78, 5) is 8.68. The van der Waals surface area contributed by atoms with Crippen molar-refractivity contribution in [1.82, 2.24) is 25.1 Å². The molecule has 108 valence electrons. The van der Waals surface area contributed by atoms with Crippen LogP contribution in [0.2, 0.25) is 5.02 Å². The van der Waals surface area contributed by atoms with Gasteiger partial charge in [0.1, 0.15) is 5.82 Å². The van der Waals surface area contributed by atoms with Crippen LogP contribution in [0.5, 0.6) is 0 Å². The van der Waals surface area contributed by atoms with Crippen molar-refractivity contribution in [3.05, 3.63) is 40.7 Å². The van der Waals surface area contributed by atoms with Gasteiger partial charge in [-0.2, -0.15) is 5.10 Å². The van der Waals surface area contributed by atoms with Crippen molar-refractivity contribution in [2.75, 3.05) is 6.54 Å². The highest BCUT2D eigenvalue weighted by atomic mass is 35.5. The Bertz CT molecular complexity index is 566. The van der Waals surface area contributed by atoms with Crippen molar-refractivity contribution < 1.29 is 0 Å². The molecule has 0 aliphatic rings. The van der Waals surface area contributed by atoms with Gasteiger partial charge in [0.25, 0.3) is 0 Å². The summed E-state index contributed by atoms with van der Waals surface area (Å²) in [6.45, 7) is 7.73. The van der Waals surface area contributed by atoms with Crippen molar-refractivity contribution in [2.45, 2.75) is 39.8 Å². The molecule has 0 saturated carbocycles. The Kier molecular flexibility index (Phi) is 5.09. The van der Waals surface area contributed by atoms with Crippen molar-refractivity contribution in [3.8, 4) is 0 Å². The second kappa shape index (κ2) is 6.81. The highest BCUT2D eigenvalue weighted by Gasteiger charge is 2.22. The number of hydrogen-bond donors (Lipinski definition) is 1. The minimum atomic E-state index is -0.0633. The van der Waals surface area contributed by atoms with Crippen molar-refractivity contribution in [2.24, 2.45) is 0 Å². The van der Waals surface area contributed by atoms with Crippen LogP contribution < -0.4 is 5.32 Å². The Balaban J connectivity index is 2.44. The van der Waals surface area contributed by atoms with Crippen LogP contribution in [-0.4, -0.2) is 26.3 Å². The molecule has 0 aromatic carbocycles. The summed E-state index contributed by atoms with van der Waals surface area (Å²) in [6.07, 6.45) is 4.51. The van der Waals surface area contributed by atoms with Crippen molar-refractivity contribution >= 4 is 11.6 Å². The molecule has 2 rings (SSSR count). The maximum Gasteiger partial charge on any atom is 0.125 e. The van der Waals surface area contributed by atoms with Gasteiger partial charge in [0.2, 0.25) is 0 Å². The number of aromatic nitrogens is 4.